The van der Waals surface area contributed by atoms with E-state index in [9.17, 15) is 5.11 Å². The summed E-state index contributed by atoms with van der Waals surface area (Å²) in [5.74, 6) is 0. The number of halogens is 2. The molecule has 1 atom stereocenters. The summed E-state index contributed by atoms with van der Waals surface area (Å²) in [5.41, 5.74) is 1.58. The summed E-state index contributed by atoms with van der Waals surface area (Å²) in [6, 6.07) is 5.42. The highest BCUT2D eigenvalue weighted by atomic mass is 79.9. The molecule has 0 aliphatic rings. The molecule has 1 N–H and O–H groups in total. The summed E-state index contributed by atoms with van der Waals surface area (Å²) in [7, 11) is 0. The largest absolute Gasteiger partial charge is 0.389 e. The summed E-state index contributed by atoms with van der Waals surface area (Å²) in [4.78, 5) is 0. The van der Waals surface area contributed by atoms with E-state index in [1.54, 1.807) is 23.9 Å². The van der Waals surface area contributed by atoms with Crippen LogP contribution in [0.5, 0.6) is 0 Å². The molecule has 1 heterocycles. The summed E-state index contributed by atoms with van der Waals surface area (Å²) >= 11 is 9.46. The Morgan fingerprint density at radius 2 is 2.25 bits per heavy atom. The van der Waals surface area contributed by atoms with Crippen LogP contribution in [0.3, 0.4) is 0 Å². The maximum atomic E-state index is 9.43. The molecule has 5 heteroatoms. The van der Waals surface area contributed by atoms with Gasteiger partial charge in [0.25, 0.3) is 0 Å². The van der Waals surface area contributed by atoms with Gasteiger partial charge in [-0.3, -0.25) is 0 Å². The average Bonchev–Trinajstić information content (AvgIpc) is 2.64. The van der Waals surface area contributed by atoms with Gasteiger partial charge < -0.3 is 5.11 Å². The van der Waals surface area contributed by atoms with E-state index in [4.69, 9.17) is 11.6 Å². The van der Waals surface area contributed by atoms with Crippen LogP contribution in [-0.4, -0.2) is 14.9 Å². The zero-order valence-electron chi connectivity index (χ0n) is 8.56. The Balaban J connectivity index is 2.44. The third-order valence-corrected chi connectivity index (χ3v) is 2.96. The molecule has 3 nitrogen and oxygen atoms in total. The molecule has 1 aromatic carbocycles. The Kier molecular flexibility index (Phi) is 3.33. The SMILES string of the molecule is C[C@H](O)c1ccc(-n2cc(Br)cn2)c(Cl)c1. The van der Waals surface area contributed by atoms with E-state index in [0.29, 0.717) is 5.02 Å². The van der Waals surface area contributed by atoms with Crippen molar-refractivity contribution in [3.05, 3.63) is 45.7 Å². The topological polar surface area (TPSA) is 38.0 Å². The molecule has 0 aliphatic carbocycles. The normalized spacial score (nSPS) is 12.8. The number of aliphatic hydroxyl groups excluding tert-OH is 1. The fourth-order valence-electron chi connectivity index (χ4n) is 1.40. The second kappa shape index (κ2) is 4.57. The molecule has 0 unspecified atom stereocenters. The van der Waals surface area contributed by atoms with E-state index in [1.165, 1.54) is 0 Å². The first-order valence-corrected chi connectivity index (χ1v) is 5.93. The fourth-order valence-corrected chi connectivity index (χ4v) is 1.96. The Bertz CT molecular complexity index is 510. The predicted octanol–water partition coefficient (Wildman–Crippen LogP) is 3.34. The Hall–Kier alpha value is -0.840. The van der Waals surface area contributed by atoms with Gasteiger partial charge in [0.15, 0.2) is 0 Å². The van der Waals surface area contributed by atoms with Crippen molar-refractivity contribution in [3.8, 4) is 5.69 Å². The van der Waals surface area contributed by atoms with Crippen molar-refractivity contribution < 1.29 is 5.11 Å². The van der Waals surface area contributed by atoms with E-state index in [0.717, 1.165) is 15.7 Å². The maximum Gasteiger partial charge on any atom is 0.0832 e. The standard InChI is InChI=1S/C11H10BrClN2O/c1-7(16)8-2-3-11(10(13)4-8)15-6-9(12)5-14-15/h2-7,16H,1H3/t7-/m0/s1. The van der Waals surface area contributed by atoms with Gasteiger partial charge in [-0.25, -0.2) is 4.68 Å². The highest BCUT2D eigenvalue weighted by Crippen LogP contribution is 2.25. The molecule has 84 valence electrons. The molecular weight excluding hydrogens is 291 g/mol. The van der Waals surface area contributed by atoms with E-state index in [-0.39, 0.29) is 0 Å². The van der Waals surface area contributed by atoms with Gasteiger partial charge in [-0.1, -0.05) is 17.7 Å². The Morgan fingerprint density at radius 1 is 1.50 bits per heavy atom. The lowest BCUT2D eigenvalue weighted by Crippen LogP contribution is -1.97. The van der Waals surface area contributed by atoms with Gasteiger partial charge in [0.2, 0.25) is 0 Å². The van der Waals surface area contributed by atoms with Crippen LogP contribution in [0.4, 0.5) is 0 Å². The predicted molar refractivity (Wildman–Crippen MR) is 66.9 cm³/mol. The molecule has 0 radical (unpaired) electrons. The van der Waals surface area contributed by atoms with Crippen molar-refractivity contribution in [2.75, 3.05) is 0 Å². The summed E-state index contributed by atoms with van der Waals surface area (Å²) in [6.07, 6.45) is 3.00. The third kappa shape index (κ3) is 2.29. The van der Waals surface area contributed by atoms with Crippen LogP contribution in [-0.2, 0) is 0 Å². The molecule has 0 aliphatic heterocycles. The number of hydrogen-bond donors (Lipinski definition) is 1. The first kappa shape index (κ1) is 11.6. The second-order valence-electron chi connectivity index (χ2n) is 3.49. The number of aliphatic hydroxyl groups is 1. The lowest BCUT2D eigenvalue weighted by molar-refractivity contribution is 0.199. The molecule has 0 spiro atoms. The minimum atomic E-state index is -0.518. The fraction of sp³-hybridized carbons (Fsp3) is 0.182. The van der Waals surface area contributed by atoms with E-state index < -0.39 is 6.10 Å². The lowest BCUT2D eigenvalue weighted by Gasteiger charge is -2.08. The van der Waals surface area contributed by atoms with Crippen LogP contribution in [0.15, 0.2) is 35.1 Å². The molecule has 2 rings (SSSR count). The number of aromatic nitrogens is 2. The van der Waals surface area contributed by atoms with Crippen LogP contribution in [0.1, 0.15) is 18.6 Å². The zero-order chi connectivity index (χ0) is 11.7. The number of rotatable bonds is 2. The van der Waals surface area contributed by atoms with Gasteiger partial charge in [0, 0.05) is 6.20 Å². The summed E-state index contributed by atoms with van der Waals surface area (Å²) < 4.78 is 2.57. The van der Waals surface area contributed by atoms with Gasteiger partial charge in [0.1, 0.15) is 0 Å². The van der Waals surface area contributed by atoms with Crippen molar-refractivity contribution in [1.29, 1.82) is 0 Å². The quantitative estimate of drug-likeness (QED) is 0.924. The monoisotopic (exact) mass is 300 g/mol. The van der Waals surface area contributed by atoms with Gasteiger partial charge in [-0.05, 0) is 40.5 Å². The molecular formula is C11H10BrClN2O. The smallest absolute Gasteiger partial charge is 0.0832 e. The van der Waals surface area contributed by atoms with Gasteiger partial charge >= 0.3 is 0 Å². The lowest BCUT2D eigenvalue weighted by atomic mass is 10.1. The van der Waals surface area contributed by atoms with Crippen molar-refractivity contribution in [2.45, 2.75) is 13.0 Å². The van der Waals surface area contributed by atoms with Crippen molar-refractivity contribution in [1.82, 2.24) is 9.78 Å². The van der Waals surface area contributed by atoms with Crippen LogP contribution in [0.25, 0.3) is 5.69 Å². The first-order valence-electron chi connectivity index (χ1n) is 4.76. The van der Waals surface area contributed by atoms with Crippen LogP contribution in [0.2, 0.25) is 5.02 Å². The highest BCUT2D eigenvalue weighted by molar-refractivity contribution is 9.10. The maximum absolute atomic E-state index is 9.43. The number of hydrogen-bond acceptors (Lipinski definition) is 2. The molecule has 0 amide bonds. The number of benzene rings is 1. The molecule has 0 fully saturated rings. The van der Waals surface area contributed by atoms with Gasteiger partial charge in [-0.2, -0.15) is 5.10 Å². The van der Waals surface area contributed by atoms with E-state index in [1.807, 2.05) is 18.3 Å². The summed E-state index contributed by atoms with van der Waals surface area (Å²) in [6.45, 7) is 1.70. The van der Waals surface area contributed by atoms with Crippen LogP contribution < -0.4 is 0 Å². The first-order chi connectivity index (χ1) is 7.58. The zero-order valence-corrected chi connectivity index (χ0v) is 10.9. The van der Waals surface area contributed by atoms with Crippen molar-refractivity contribution >= 4 is 27.5 Å². The molecule has 1 aromatic heterocycles. The van der Waals surface area contributed by atoms with Crippen molar-refractivity contribution in [3.63, 3.8) is 0 Å². The minimum absolute atomic E-state index is 0.518. The highest BCUT2D eigenvalue weighted by Gasteiger charge is 2.07. The molecule has 16 heavy (non-hydrogen) atoms. The molecule has 0 bridgehead atoms. The molecule has 0 saturated carbocycles. The van der Waals surface area contributed by atoms with Gasteiger partial charge in [-0.15, -0.1) is 0 Å². The Labute approximate surface area is 107 Å². The van der Waals surface area contributed by atoms with E-state index in [2.05, 4.69) is 21.0 Å². The number of nitrogens with zero attached hydrogens (tertiary/aromatic N) is 2. The third-order valence-electron chi connectivity index (χ3n) is 2.25. The minimum Gasteiger partial charge on any atom is -0.389 e. The van der Waals surface area contributed by atoms with E-state index >= 15 is 0 Å². The van der Waals surface area contributed by atoms with Crippen molar-refractivity contribution in [2.24, 2.45) is 0 Å². The molecule has 2 aromatic rings. The van der Waals surface area contributed by atoms with Gasteiger partial charge in [0.05, 0.1) is 27.5 Å². The Morgan fingerprint density at radius 3 is 2.75 bits per heavy atom. The summed E-state index contributed by atoms with van der Waals surface area (Å²) in [5, 5.41) is 14.1. The van der Waals surface area contributed by atoms with Crippen LogP contribution >= 0.6 is 27.5 Å². The molecule has 0 saturated heterocycles. The second-order valence-corrected chi connectivity index (χ2v) is 4.81. The van der Waals surface area contributed by atoms with Crippen LogP contribution in [0, 0.1) is 0 Å². The average molecular weight is 302 g/mol.